The van der Waals surface area contributed by atoms with Gasteiger partial charge in [-0.3, -0.25) is 9.69 Å². The molecule has 2 heterocycles. The quantitative estimate of drug-likeness (QED) is 0.869. The number of hydrogen-bond donors (Lipinski definition) is 2. The highest BCUT2D eigenvalue weighted by molar-refractivity contribution is 8.04. The van der Waals surface area contributed by atoms with Crippen molar-refractivity contribution in [3.8, 4) is 0 Å². The molecule has 1 aromatic carbocycles. The number of carbonyl (C=O) groups is 1. The van der Waals surface area contributed by atoms with Crippen molar-refractivity contribution in [3.63, 3.8) is 0 Å². The van der Waals surface area contributed by atoms with Gasteiger partial charge in [-0.2, -0.15) is 0 Å². The standard InChI is InChI=1S/C20H27N3OS/c1-14-13-25-20(2,22-14)19(24)21-17-7-6-15-8-10-23(18-4-3-5-18)11-9-16(15)12-17/h6-7,12-13,18,22H,3-5,8-11H2,1-2H3,(H,21,24). The van der Waals surface area contributed by atoms with Crippen LogP contribution in [0.1, 0.15) is 44.2 Å². The fraction of sp³-hybridized carbons (Fsp3) is 0.550. The molecule has 0 bridgehead atoms. The Morgan fingerprint density at radius 1 is 1.28 bits per heavy atom. The van der Waals surface area contributed by atoms with Gasteiger partial charge in [0, 0.05) is 30.5 Å². The molecule has 2 N–H and O–H groups in total. The van der Waals surface area contributed by atoms with Gasteiger partial charge in [0.15, 0.2) is 4.87 Å². The molecule has 134 valence electrons. The van der Waals surface area contributed by atoms with Gasteiger partial charge < -0.3 is 10.6 Å². The SMILES string of the molecule is CC1=CSC(C)(C(=O)Nc2ccc3c(c2)CCN(C2CCC2)CC3)N1. The van der Waals surface area contributed by atoms with Gasteiger partial charge in [0.2, 0.25) is 0 Å². The fourth-order valence-electron chi connectivity index (χ4n) is 3.94. The van der Waals surface area contributed by atoms with E-state index < -0.39 is 4.87 Å². The molecule has 1 aromatic rings. The molecule has 0 radical (unpaired) electrons. The number of hydrogen-bond acceptors (Lipinski definition) is 4. The average molecular weight is 358 g/mol. The zero-order valence-corrected chi connectivity index (χ0v) is 15.9. The minimum atomic E-state index is -0.613. The molecule has 1 aliphatic carbocycles. The normalized spacial score (nSPS) is 26.9. The summed E-state index contributed by atoms with van der Waals surface area (Å²) >= 11 is 1.53. The highest BCUT2D eigenvalue weighted by atomic mass is 32.2. The highest BCUT2D eigenvalue weighted by Gasteiger charge is 2.36. The molecule has 1 saturated carbocycles. The Morgan fingerprint density at radius 3 is 2.68 bits per heavy atom. The lowest BCUT2D eigenvalue weighted by molar-refractivity contribution is -0.118. The predicted octanol–water partition coefficient (Wildman–Crippen LogP) is 3.49. The van der Waals surface area contributed by atoms with Crippen LogP contribution in [-0.2, 0) is 17.6 Å². The van der Waals surface area contributed by atoms with Crippen LogP contribution in [0.5, 0.6) is 0 Å². The fourth-order valence-corrected chi connectivity index (χ4v) is 4.79. The van der Waals surface area contributed by atoms with E-state index in [1.807, 2.05) is 19.3 Å². The Kier molecular flexibility index (Phi) is 4.54. The molecule has 1 fully saturated rings. The Bertz CT molecular complexity index is 713. The van der Waals surface area contributed by atoms with Crippen LogP contribution in [0.15, 0.2) is 29.3 Å². The van der Waals surface area contributed by atoms with Crippen LogP contribution in [0.25, 0.3) is 0 Å². The second-order valence-corrected chi connectivity index (χ2v) is 8.92. The molecule has 1 amide bonds. The van der Waals surface area contributed by atoms with Gasteiger partial charge in [0.25, 0.3) is 5.91 Å². The van der Waals surface area contributed by atoms with E-state index in [1.54, 1.807) is 0 Å². The van der Waals surface area contributed by atoms with Gasteiger partial charge in [0.05, 0.1) is 0 Å². The summed E-state index contributed by atoms with van der Waals surface area (Å²) < 4.78 is 0. The molecule has 2 aliphatic heterocycles. The summed E-state index contributed by atoms with van der Waals surface area (Å²) in [6.45, 7) is 6.24. The lowest BCUT2D eigenvalue weighted by Gasteiger charge is -2.36. The Balaban J connectivity index is 1.43. The molecule has 1 atom stereocenters. The van der Waals surface area contributed by atoms with Crippen LogP contribution in [0.2, 0.25) is 0 Å². The van der Waals surface area contributed by atoms with Crippen molar-refractivity contribution in [3.05, 3.63) is 40.4 Å². The number of benzene rings is 1. The lowest BCUT2D eigenvalue weighted by Crippen LogP contribution is -2.46. The number of nitrogens with one attached hydrogen (secondary N) is 2. The summed E-state index contributed by atoms with van der Waals surface area (Å²) in [6.07, 6.45) is 6.34. The van der Waals surface area contributed by atoms with Gasteiger partial charge in [-0.1, -0.05) is 24.2 Å². The second-order valence-electron chi connectivity index (χ2n) is 7.64. The van der Waals surface area contributed by atoms with E-state index in [9.17, 15) is 4.79 Å². The van der Waals surface area contributed by atoms with Crippen molar-refractivity contribution in [2.24, 2.45) is 0 Å². The molecule has 0 spiro atoms. The monoisotopic (exact) mass is 357 g/mol. The Labute approximate surface area is 154 Å². The first-order chi connectivity index (χ1) is 12.0. The van der Waals surface area contributed by atoms with E-state index in [-0.39, 0.29) is 5.91 Å². The maximum atomic E-state index is 12.7. The van der Waals surface area contributed by atoms with Crippen molar-refractivity contribution in [1.82, 2.24) is 10.2 Å². The number of fused-ring (bicyclic) bond motifs is 1. The van der Waals surface area contributed by atoms with Crippen LogP contribution >= 0.6 is 11.8 Å². The zero-order valence-electron chi connectivity index (χ0n) is 15.1. The van der Waals surface area contributed by atoms with Gasteiger partial charge in [0.1, 0.15) is 0 Å². The first kappa shape index (κ1) is 17.0. The first-order valence-corrected chi connectivity index (χ1v) is 10.2. The lowest BCUT2D eigenvalue weighted by atomic mass is 9.91. The average Bonchev–Trinajstić information content (AvgIpc) is 2.77. The van der Waals surface area contributed by atoms with Gasteiger partial charge in [-0.25, -0.2) is 0 Å². The number of anilines is 1. The number of nitrogens with zero attached hydrogens (tertiary/aromatic N) is 1. The largest absolute Gasteiger partial charge is 0.366 e. The number of carbonyl (C=O) groups excluding carboxylic acids is 1. The summed E-state index contributed by atoms with van der Waals surface area (Å²) in [4.78, 5) is 14.7. The molecular formula is C20H27N3OS. The predicted molar refractivity (Wildman–Crippen MR) is 105 cm³/mol. The first-order valence-electron chi connectivity index (χ1n) is 9.33. The summed E-state index contributed by atoms with van der Waals surface area (Å²) in [5.41, 5.74) is 4.79. The van der Waals surface area contributed by atoms with Crippen LogP contribution in [0.3, 0.4) is 0 Å². The summed E-state index contributed by atoms with van der Waals surface area (Å²) in [6, 6.07) is 7.26. The third-order valence-electron chi connectivity index (χ3n) is 5.73. The van der Waals surface area contributed by atoms with Crippen molar-refractivity contribution >= 4 is 23.4 Å². The minimum absolute atomic E-state index is 0.00951. The number of rotatable bonds is 3. The van der Waals surface area contributed by atoms with Gasteiger partial charge in [-0.05, 0) is 68.2 Å². The van der Waals surface area contributed by atoms with Crippen molar-refractivity contribution < 1.29 is 4.79 Å². The summed E-state index contributed by atoms with van der Waals surface area (Å²) in [5.74, 6) is 0.00951. The topological polar surface area (TPSA) is 44.4 Å². The molecule has 1 unspecified atom stereocenters. The van der Waals surface area contributed by atoms with Crippen LogP contribution < -0.4 is 10.6 Å². The van der Waals surface area contributed by atoms with E-state index in [2.05, 4.69) is 33.7 Å². The molecule has 4 rings (SSSR count). The molecule has 5 heteroatoms. The minimum Gasteiger partial charge on any atom is -0.366 e. The van der Waals surface area contributed by atoms with E-state index in [0.717, 1.165) is 36.8 Å². The van der Waals surface area contributed by atoms with E-state index in [0.29, 0.717) is 0 Å². The second kappa shape index (κ2) is 6.69. The van der Waals surface area contributed by atoms with Crippen molar-refractivity contribution in [1.29, 1.82) is 0 Å². The van der Waals surface area contributed by atoms with Crippen molar-refractivity contribution in [2.45, 2.75) is 56.9 Å². The van der Waals surface area contributed by atoms with Crippen LogP contribution in [0, 0.1) is 0 Å². The zero-order chi connectivity index (χ0) is 17.4. The number of allylic oxidation sites excluding steroid dienone is 1. The molecule has 4 nitrogen and oxygen atoms in total. The van der Waals surface area contributed by atoms with E-state index >= 15 is 0 Å². The third kappa shape index (κ3) is 3.44. The van der Waals surface area contributed by atoms with Gasteiger partial charge >= 0.3 is 0 Å². The van der Waals surface area contributed by atoms with E-state index in [1.165, 1.54) is 48.7 Å². The maximum Gasteiger partial charge on any atom is 0.260 e. The molecule has 0 saturated heterocycles. The molecule has 25 heavy (non-hydrogen) atoms. The summed E-state index contributed by atoms with van der Waals surface area (Å²) in [7, 11) is 0. The molecular weight excluding hydrogens is 330 g/mol. The van der Waals surface area contributed by atoms with Crippen LogP contribution in [0.4, 0.5) is 5.69 Å². The highest BCUT2D eigenvalue weighted by Crippen LogP contribution is 2.33. The summed E-state index contributed by atoms with van der Waals surface area (Å²) in [5, 5.41) is 8.37. The van der Waals surface area contributed by atoms with E-state index in [4.69, 9.17) is 0 Å². The Hall–Kier alpha value is -1.46. The van der Waals surface area contributed by atoms with Crippen molar-refractivity contribution in [2.75, 3.05) is 18.4 Å². The maximum absolute atomic E-state index is 12.7. The smallest absolute Gasteiger partial charge is 0.260 e. The number of amides is 1. The van der Waals surface area contributed by atoms with Crippen LogP contribution in [-0.4, -0.2) is 34.8 Å². The molecule has 3 aliphatic rings. The molecule has 0 aromatic heterocycles. The van der Waals surface area contributed by atoms with Gasteiger partial charge in [-0.15, -0.1) is 0 Å². The number of thioether (sulfide) groups is 1. The Morgan fingerprint density at radius 2 is 2.04 bits per heavy atom. The third-order valence-corrected chi connectivity index (χ3v) is 6.96.